The van der Waals surface area contributed by atoms with Crippen molar-refractivity contribution in [1.29, 1.82) is 0 Å². The highest BCUT2D eigenvalue weighted by atomic mass is 32.2. The number of benzene rings is 3. The Labute approximate surface area is 172 Å². The third kappa shape index (κ3) is 4.92. The molecule has 0 radical (unpaired) electrons. The smallest absolute Gasteiger partial charge is 0.269 e. The third-order valence-corrected chi connectivity index (χ3v) is 5.50. The van der Waals surface area contributed by atoms with Crippen LogP contribution in [0.5, 0.6) is 5.75 Å². The van der Waals surface area contributed by atoms with E-state index >= 15 is 0 Å². The Kier molecular flexibility index (Phi) is 5.98. The van der Waals surface area contributed by atoms with E-state index in [0.29, 0.717) is 17.1 Å². The van der Waals surface area contributed by atoms with Crippen LogP contribution < -0.4 is 14.8 Å². The summed E-state index contributed by atoms with van der Waals surface area (Å²) in [6, 6.07) is 17.2. The van der Waals surface area contributed by atoms with Crippen LogP contribution in [0.25, 0.3) is 0 Å². The summed E-state index contributed by atoms with van der Waals surface area (Å²) < 4.78 is 32.5. The second-order valence-electron chi connectivity index (χ2n) is 6.12. The molecule has 3 rings (SSSR count). The Morgan fingerprint density at radius 2 is 1.47 bits per heavy atom. The molecule has 0 unspecified atom stereocenters. The van der Waals surface area contributed by atoms with Crippen molar-refractivity contribution in [1.82, 2.24) is 0 Å². The molecular weight excluding hydrogens is 410 g/mol. The first-order chi connectivity index (χ1) is 14.3. The van der Waals surface area contributed by atoms with Gasteiger partial charge < -0.3 is 10.1 Å². The number of non-ortho nitro benzene ring substituents is 1. The summed E-state index contributed by atoms with van der Waals surface area (Å²) in [5, 5.41) is 13.3. The molecule has 0 aliphatic heterocycles. The van der Waals surface area contributed by atoms with Crippen molar-refractivity contribution in [3.05, 3.63) is 88.5 Å². The zero-order valence-corrected chi connectivity index (χ0v) is 16.5. The lowest BCUT2D eigenvalue weighted by atomic mass is 10.2. The number of hydrogen-bond donors (Lipinski definition) is 2. The number of hydrogen-bond acceptors (Lipinski definition) is 6. The van der Waals surface area contributed by atoms with Crippen molar-refractivity contribution in [2.75, 3.05) is 17.1 Å². The van der Waals surface area contributed by atoms with Gasteiger partial charge in [-0.2, -0.15) is 0 Å². The van der Waals surface area contributed by atoms with Crippen molar-refractivity contribution in [3.8, 4) is 5.75 Å². The summed E-state index contributed by atoms with van der Waals surface area (Å²) in [4.78, 5) is 22.4. The molecule has 1 amide bonds. The van der Waals surface area contributed by atoms with Crippen LogP contribution >= 0.6 is 0 Å². The summed E-state index contributed by atoms with van der Waals surface area (Å²) in [6.45, 7) is 0. The van der Waals surface area contributed by atoms with Crippen LogP contribution in [0.3, 0.4) is 0 Å². The van der Waals surface area contributed by atoms with E-state index in [1.54, 1.807) is 24.3 Å². The van der Waals surface area contributed by atoms with Crippen molar-refractivity contribution in [3.63, 3.8) is 0 Å². The summed E-state index contributed by atoms with van der Waals surface area (Å²) in [5.74, 6) is 0.128. The molecule has 2 N–H and O–H groups in total. The van der Waals surface area contributed by atoms with Gasteiger partial charge in [-0.3, -0.25) is 19.6 Å². The van der Waals surface area contributed by atoms with Gasteiger partial charge in [0.15, 0.2) is 0 Å². The largest absolute Gasteiger partial charge is 0.497 e. The van der Waals surface area contributed by atoms with Crippen LogP contribution in [-0.2, 0) is 10.0 Å². The number of carbonyl (C=O) groups is 1. The molecule has 3 aromatic carbocycles. The fourth-order valence-electron chi connectivity index (χ4n) is 2.53. The molecule has 0 heterocycles. The molecule has 0 saturated carbocycles. The van der Waals surface area contributed by atoms with Gasteiger partial charge in [-0.1, -0.05) is 0 Å². The van der Waals surface area contributed by atoms with E-state index in [2.05, 4.69) is 10.0 Å². The summed E-state index contributed by atoms with van der Waals surface area (Å²) in [7, 11) is -2.30. The fourth-order valence-corrected chi connectivity index (χ4v) is 3.59. The molecule has 0 aliphatic rings. The number of anilines is 2. The van der Waals surface area contributed by atoms with Crippen LogP contribution in [-0.4, -0.2) is 26.4 Å². The molecule has 30 heavy (non-hydrogen) atoms. The molecule has 10 heteroatoms. The molecule has 3 aromatic rings. The Morgan fingerprint density at radius 3 is 2.00 bits per heavy atom. The number of nitro groups is 1. The lowest BCUT2D eigenvalue weighted by Gasteiger charge is -2.10. The van der Waals surface area contributed by atoms with Crippen molar-refractivity contribution in [2.24, 2.45) is 0 Å². The van der Waals surface area contributed by atoms with Gasteiger partial charge in [0, 0.05) is 29.1 Å². The number of nitrogens with one attached hydrogen (secondary N) is 2. The van der Waals surface area contributed by atoms with E-state index in [0.717, 1.165) is 0 Å². The summed E-state index contributed by atoms with van der Waals surface area (Å²) >= 11 is 0. The highest BCUT2D eigenvalue weighted by Crippen LogP contribution is 2.21. The quantitative estimate of drug-likeness (QED) is 0.437. The van der Waals surface area contributed by atoms with Crippen molar-refractivity contribution < 1.29 is 22.9 Å². The second kappa shape index (κ2) is 8.62. The number of methoxy groups -OCH3 is 1. The van der Waals surface area contributed by atoms with Crippen molar-refractivity contribution >= 4 is 33.0 Å². The predicted molar refractivity (Wildman–Crippen MR) is 111 cm³/mol. The zero-order valence-electron chi connectivity index (χ0n) is 15.7. The Morgan fingerprint density at radius 1 is 0.900 bits per heavy atom. The minimum Gasteiger partial charge on any atom is -0.497 e. The number of ether oxygens (including phenoxy) is 1. The molecule has 154 valence electrons. The zero-order chi connectivity index (χ0) is 21.7. The van der Waals surface area contributed by atoms with Gasteiger partial charge in [-0.15, -0.1) is 0 Å². The van der Waals surface area contributed by atoms with Gasteiger partial charge in [0.2, 0.25) is 0 Å². The molecule has 0 aliphatic carbocycles. The van der Waals surface area contributed by atoms with E-state index in [1.165, 1.54) is 55.6 Å². The highest BCUT2D eigenvalue weighted by molar-refractivity contribution is 7.92. The van der Waals surface area contributed by atoms with Crippen molar-refractivity contribution in [2.45, 2.75) is 4.90 Å². The van der Waals surface area contributed by atoms with E-state index in [1.807, 2.05) is 0 Å². The van der Waals surface area contributed by atoms with Crippen LogP contribution in [0, 0.1) is 10.1 Å². The molecule has 0 saturated heterocycles. The molecule has 0 atom stereocenters. The van der Waals surface area contributed by atoms with E-state index in [-0.39, 0.29) is 16.1 Å². The first-order valence-corrected chi connectivity index (χ1v) is 10.1. The SMILES string of the molecule is COc1ccc(NS(=O)(=O)c2ccc(NC(=O)c3ccc([N+](=O)[O-])cc3)cc2)cc1. The summed E-state index contributed by atoms with van der Waals surface area (Å²) in [5.41, 5.74) is 0.872. The lowest BCUT2D eigenvalue weighted by Crippen LogP contribution is -2.14. The first kappa shape index (κ1) is 20.8. The average molecular weight is 427 g/mol. The van der Waals surface area contributed by atoms with Gasteiger partial charge >= 0.3 is 0 Å². The molecule has 0 aromatic heterocycles. The predicted octanol–water partition coefficient (Wildman–Crippen LogP) is 3.66. The Balaban J connectivity index is 1.68. The topological polar surface area (TPSA) is 128 Å². The third-order valence-electron chi connectivity index (χ3n) is 4.11. The number of sulfonamides is 1. The maximum atomic E-state index is 12.5. The first-order valence-electron chi connectivity index (χ1n) is 8.61. The average Bonchev–Trinajstić information content (AvgIpc) is 2.74. The minimum absolute atomic E-state index is 0.0200. The van der Waals surface area contributed by atoms with E-state index in [9.17, 15) is 23.3 Å². The molecule has 9 nitrogen and oxygen atoms in total. The second-order valence-corrected chi connectivity index (χ2v) is 7.80. The minimum atomic E-state index is -3.81. The normalized spacial score (nSPS) is 10.8. The highest BCUT2D eigenvalue weighted by Gasteiger charge is 2.15. The van der Waals surface area contributed by atoms with E-state index < -0.39 is 20.9 Å². The monoisotopic (exact) mass is 427 g/mol. The maximum absolute atomic E-state index is 12.5. The van der Waals surface area contributed by atoms with E-state index in [4.69, 9.17) is 4.74 Å². The number of nitrogens with zero attached hydrogens (tertiary/aromatic N) is 1. The number of carbonyl (C=O) groups excluding carboxylic acids is 1. The molecule has 0 fully saturated rings. The Hall–Kier alpha value is -3.92. The number of amides is 1. The molecule has 0 bridgehead atoms. The standard InChI is InChI=1S/C20H17N3O6S/c1-29-18-10-4-16(5-11-18)22-30(27,28)19-12-6-15(7-13-19)21-20(24)14-2-8-17(9-3-14)23(25)26/h2-13,22H,1H3,(H,21,24). The maximum Gasteiger partial charge on any atom is 0.269 e. The summed E-state index contributed by atoms with van der Waals surface area (Å²) in [6.07, 6.45) is 0. The number of nitro benzene ring substituents is 1. The van der Waals surface area contributed by atoms with Gasteiger partial charge in [0.25, 0.3) is 21.6 Å². The van der Waals surface area contributed by atoms with Gasteiger partial charge in [0.1, 0.15) is 5.75 Å². The molecule has 0 spiro atoms. The van der Waals surface area contributed by atoms with Gasteiger partial charge in [-0.05, 0) is 60.7 Å². The van der Waals surface area contributed by atoms with Crippen LogP contribution in [0.15, 0.2) is 77.7 Å². The van der Waals surface area contributed by atoms with Crippen LogP contribution in [0.1, 0.15) is 10.4 Å². The molecular formula is C20H17N3O6S. The number of rotatable bonds is 7. The van der Waals surface area contributed by atoms with Gasteiger partial charge in [0.05, 0.1) is 16.9 Å². The van der Waals surface area contributed by atoms with Crippen LogP contribution in [0.4, 0.5) is 17.1 Å². The van der Waals surface area contributed by atoms with Gasteiger partial charge in [-0.25, -0.2) is 8.42 Å². The van der Waals surface area contributed by atoms with Crippen LogP contribution in [0.2, 0.25) is 0 Å². The lowest BCUT2D eigenvalue weighted by molar-refractivity contribution is -0.384. The fraction of sp³-hybridized carbons (Fsp3) is 0.0500. The Bertz CT molecular complexity index is 1160.